The second-order valence-corrected chi connectivity index (χ2v) is 7.28. The second-order valence-electron chi connectivity index (χ2n) is 7.28. The Morgan fingerprint density at radius 1 is 1.21 bits per heavy atom. The van der Waals surface area contributed by atoms with Crippen LogP contribution in [0.5, 0.6) is 0 Å². The SMILES string of the molecule is CC(C)(C)OC(=O)NCCC(O)C(O)c1ccc2oc(=O)c(C(=O)O)cc2c1. The molecule has 1 aromatic heterocycles. The molecule has 2 unspecified atom stereocenters. The van der Waals surface area contributed by atoms with Crippen molar-refractivity contribution in [2.75, 3.05) is 6.54 Å². The highest BCUT2D eigenvalue weighted by atomic mass is 16.6. The van der Waals surface area contributed by atoms with Crippen molar-refractivity contribution >= 4 is 23.0 Å². The summed E-state index contributed by atoms with van der Waals surface area (Å²) in [5, 5.41) is 32.3. The van der Waals surface area contributed by atoms with Crippen molar-refractivity contribution in [3.05, 3.63) is 45.8 Å². The fourth-order valence-corrected chi connectivity index (χ4v) is 2.49. The van der Waals surface area contributed by atoms with E-state index < -0.39 is 41.1 Å². The minimum atomic E-state index is -1.42. The number of carbonyl (C=O) groups is 2. The molecule has 0 aliphatic heterocycles. The first kappa shape index (κ1) is 21.4. The first-order valence-corrected chi connectivity index (χ1v) is 8.62. The number of nitrogens with one attached hydrogen (secondary N) is 1. The van der Waals surface area contributed by atoms with Crippen LogP contribution in [0, 0.1) is 0 Å². The standard InChI is InChI=1S/C19H23NO8/c1-19(2,3)28-18(26)20-7-6-13(21)15(22)10-4-5-14-11(8-10)9-12(16(23)24)17(25)27-14/h4-5,8-9,13,15,21-22H,6-7H2,1-3H3,(H,20,26)(H,23,24). The van der Waals surface area contributed by atoms with Crippen LogP contribution in [-0.2, 0) is 4.74 Å². The Morgan fingerprint density at radius 3 is 2.50 bits per heavy atom. The predicted molar refractivity (Wildman–Crippen MR) is 99.3 cm³/mol. The second kappa shape index (κ2) is 8.41. The molecule has 0 saturated heterocycles. The molecule has 2 rings (SSSR count). The maximum atomic E-state index is 11.6. The molecule has 1 amide bonds. The van der Waals surface area contributed by atoms with Gasteiger partial charge < -0.3 is 29.8 Å². The summed E-state index contributed by atoms with van der Waals surface area (Å²) in [7, 11) is 0. The van der Waals surface area contributed by atoms with Gasteiger partial charge in [0.25, 0.3) is 0 Å². The molecule has 1 heterocycles. The Morgan fingerprint density at radius 2 is 1.89 bits per heavy atom. The smallest absolute Gasteiger partial charge is 0.407 e. The molecule has 0 bridgehead atoms. The molecule has 2 atom stereocenters. The zero-order chi connectivity index (χ0) is 21.1. The third-order valence-corrected chi connectivity index (χ3v) is 3.80. The number of alkyl carbamates (subject to hydrolysis) is 1. The molecule has 28 heavy (non-hydrogen) atoms. The fraction of sp³-hybridized carbons (Fsp3) is 0.421. The number of ether oxygens (including phenoxy) is 1. The average Bonchev–Trinajstić information content (AvgIpc) is 2.58. The summed E-state index contributed by atoms with van der Waals surface area (Å²) in [5.41, 5.74) is -1.67. The van der Waals surface area contributed by atoms with Crippen molar-refractivity contribution in [2.45, 2.75) is 45.0 Å². The van der Waals surface area contributed by atoms with Crippen LogP contribution in [0.3, 0.4) is 0 Å². The number of amides is 1. The van der Waals surface area contributed by atoms with E-state index >= 15 is 0 Å². The number of aliphatic hydroxyl groups is 2. The number of hydrogen-bond acceptors (Lipinski definition) is 7. The van der Waals surface area contributed by atoms with Gasteiger partial charge in [-0.3, -0.25) is 0 Å². The van der Waals surface area contributed by atoms with Gasteiger partial charge in [-0.15, -0.1) is 0 Å². The summed E-state index contributed by atoms with van der Waals surface area (Å²) < 4.78 is 10.0. The van der Waals surface area contributed by atoms with E-state index in [-0.39, 0.29) is 18.5 Å². The zero-order valence-electron chi connectivity index (χ0n) is 15.8. The van der Waals surface area contributed by atoms with Crippen molar-refractivity contribution < 1.29 is 34.1 Å². The first-order valence-electron chi connectivity index (χ1n) is 8.62. The first-order chi connectivity index (χ1) is 13.0. The van der Waals surface area contributed by atoms with Crippen LogP contribution in [-0.4, -0.2) is 45.6 Å². The van der Waals surface area contributed by atoms with Gasteiger partial charge in [-0.25, -0.2) is 14.4 Å². The monoisotopic (exact) mass is 393 g/mol. The topological polar surface area (TPSA) is 146 Å². The number of aromatic carboxylic acids is 1. The third-order valence-electron chi connectivity index (χ3n) is 3.80. The molecule has 0 fully saturated rings. The molecular formula is C19H23NO8. The number of fused-ring (bicyclic) bond motifs is 1. The van der Waals surface area contributed by atoms with E-state index in [1.165, 1.54) is 18.2 Å². The van der Waals surface area contributed by atoms with Crippen LogP contribution in [0.15, 0.2) is 33.5 Å². The molecule has 0 spiro atoms. The van der Waals surface area contributed by atoms with Gasteiger partial charge >= 0.3 is 17.7 Å². The lowest BCUT2D eigenvalue weighted by atomic mass is 10.00. The van der Waals surface area contributed by atoms with E-state index in [0.29, 0.717) is 10.9 Å². The Balaban J connectivity index is 2.06. The lowest BCUT2D eigenvalue weighted by molar-refractivity contribution is 0.0123. The number of hydrogen-bond donors (Lipinski definition) is 4. The highest BCUT2D eigenvalue weighted by molar-refractivity contribution is 5.91. The molecule has 1 aromatic carbocycles. The van der Waals surface area contributed by atoms with Crippen LogP contribution >= 0.6 is 0 Å². The molecular weight excluding hydrogens is 370 g/mol. The number of carboxylic acids is 1. The molecule has 0 saturated carbocycles. The summed E-state index contributed by atoms with van der Waals surface area (Å²) in [6.45, 7) is 5.26. The Labute approximate surface area is 160 Å². The van der Waals surface area contributed by atoms with E-state index in [9.17, 15) is 24.6 Å². The lowest BCUT2D eigenvalue weighted by Gasteiger charge is -2.21. The minimum absolute atomic E-state index is 0.0582. The molecule has 152 valence electrons. The van der Waals surface area contributed by atoms with Crippen molar-refractivity contribution in [1.29, 1.82) is 0 Å². The largest absolute Gasteiger partial charge is 0.477 e. The normalized spacial score (nSPS) is 13.8. The molecule has 4 N–H and O–H groups in total. The van der Waals surface area contributed by atoms with Crippen molar-refractivity contribution in [3.8, 4) is 0 Å². The lowest BCUT2D eigenvalue weighted by Crippen LogP contribution is -2.34. The average molecular weight is 393 g/mol. The molecule has 0 aliphatic rings. The zero-order valence-corrected chi connectivity index (χ0v) is 15.8. The predicted octanol–water partition coefficient (Wildman–Crippen LogP) is 1.80. The van der Waals surface area contributed by atoms with Gasteiger partial charge in [-0.05, 0) is 51.0 Å². The Kier molecular flexibility index (Phi) is 6.42. The van der Waals surface area contributed by atoms with Gasteiger partial charge in [-0.1, -0.05) is 6.07 Å². The summed E-state index contributed by atoms with van der Waals surface area (Å²) >= 11 is 0. The maximum absolute atomic E-state index is 11.6. The van der Waals surface area contributed by atoms with Crippen LogP contribution in [0.4, 0.5) is 4.79 Å². The van der Waals surface area contributed by atoms with E-state index in [1.807, 2.05) is 0 Å². The number of benzene rings is 1. The van der Waals surface area contributed by atoms with Crippen molar-refractivity contribution in [1.82, 2.24) is 5.32 Å². The van der Waals surface area contributed by atoms with Crippen LogP contribution in [0.1, 0.15) is 49.2 Å². The van der Waals surface area contributed by atoms with E-state index in [0.717, 1.165) is 6.07 Å². The van der Waals surface area contributed by atoms with E-state index in [1.54, 1.807) is 20.8 Å². The minimum Gasteiger partial charge on any atom is -0.477 e. The molecule has 9 nitrogen and oxygen atoms in total. The summed E-state index contributed by atoms with van der Waals surface area (Å²) in [6, 6.07) is 5.45. The van der Waals surface area contributed by atoms with Gasteiger partial charge in [0.15, 0.2) is 0 Å². The molecule has 2 aromatic rings. The highest BCUT2D eigenvalue weighted by Crippen LogP contribution is 2.23. The quantitative estimate of drug-likeness (QED) is 0.543. The number of carbonyl (C=O) groups excluding carboxylic acids is 1. The molecule has 9 heteroatoms. The van der Waals surface area contributed by atoms with Crippen LogP contribution in [0.25, 0.3) is 11.0 Å². The van der Waals surface area contributed by atoms with Gasteiger partial charge in [-0.2, -0.15) is 0 Å². The Hall–Kier alpha value is -2.91. The summed E-state index contributed by atoms with van der Waals surface area (Å²) in [6.07, 6.45) is -3.05. The molecule has 0 radical (unpaired) electrons. The van der Waals surface area contributed by atoms with Gasteiger partial charge in [0.2, 0.25) is 0 Å². The van der Waals surface area contributed by atoms with Crippen molar-refractivity contribution in [3.63, 3.8) is 0 Å². The number of aliphatic hydroxyl groups excluding tert-OH is 2. The van der Waals surface area contributed by atoms with E-state index in [4.69, 9.17) is 14.3 Å². The Bertz CT molecular complexity index is 928. The fourth-order valence-electron chi connectivity index (χ4n) is 2.49. The highest BCUT2D eigenvalue weighted by Gasteiger charge is 2.21. The van der Waals surface area contributed by atoms with Crippen molar-refractivity contribution in [2.24, 2.45) is 0 Å². The maximum Gasteiger partial charge on any atom is 0.407 e. The number of rotatable bonds is 6. The summed E-state index contributed by atoms with van der Waals surface area (Å²) in [4.78, 5) is 34.2. The van der Waals surface area contributed by atoms with Gasteiger partial charge in [0, 0.05) is 11.9 Å². The molecule has 0 aliphatic carbocycles. The van der Waals surface area contributed by atoms with Gasteiger partial charge in [0.05, 0.1) is 6.10 Å². The number of carboxylic acid groups (broad SMARTS) is 1. The van der Waals surface area contributed by atoms with Gasteiger partial charge in [0.1, 0.15) is 22.9 Å². The third kappa shape index (κ3) is 5.54. The van der Waals surface area contributed by atoms with Crippen LogP contribution in [0.2, 0.25) is 0 Å². The van der Waals surface area contributed by atoms with E-state index in [2.05, 4.69) is 5.32 Å². The summed E-state index contributed by atoms with van der Waals surface area (Å²) in [5.74, 6) is -1.42. The van der Waals surface area contributed by atoms with Crippen LogP contribution < -0.4 is 10.9 Å².